The number of anilines is 1. The SMILES string of the molecule is Cc1cc(N)ccc1C(=O)NCC(C)(C)N(C)C. The quantitative estimate of drug-likeness (QED) is 0.798. The average Bonchev–Trinajstić information content (AvgIpc) is 2.25. The minimum Gasteiger partial charge on any atom is -0.399 e. The Kier molecular flexibility index (Phi) is 4.35. The van der Waals surface area contributed by atoms with Crippen LogP contribution in [0.1, 0.15) is 29.8 Å². The number of hydrogen-bond donors (Lipinski definition) is 2. The lowest BCUT2D eigenvalue weighted by Crippen LogP contribution is -2.48. The van der Waals surface area contributed by atoms with Crippen molar-refractivity contribution in [2.75, 3.05) is 26.4 Å². The summed E-state index contributed by atoms with van der Waals surface area (Å²) in [6, 6.07) is 5.33. The maximum atomic E-state index is 12.1. The summed E-state index contributed by atoms with van der Waals surface area (Å²) >= 11 is 0. The van der Waals surface area contributed by atoms with Crippen LogP contribution in [0.25, 0.3) is 0 Å². The summed E-state index contributed by atoms with van der Waals surface area (Å²) in [6.45, 7) is 6.66. The van der Waals surface area contributed by atoms with Gasteiger partial charge in [0.15, 0.2) is 0 Å². The predicted molar refractivity (Wildman–Crippen MR) is 75.7 cm³/mol. The Hall–Kier alpha value is -1.55. The van der Waals surface area contributed by atoms with Crippen LogP contribution >= 0.6 is 0 Å². The standard InChI is InChI=1S/C14H23N3O/c1-10-8-11(15)6-7-12(10)13(18)16-9-14(2,3)17(4)5/h6-8H,9,15H2,1-5H3,(H,16,18). The molecule has 0 saturated carbocycles. The Balaban J connectivity index is 2.72. The normalized spacial score (nSPS) is 11.7. The van der Waals surface area contributed by atoms with Crippen molar-refractivity contribution in [1.82, 2.24) is 10.2 Å². The van der Waals surface area contributed by atoms with Gasteiger partial charge in [-0.25, -0.2) is 0 Å². The van der Waals surface area contributed by atoms with Crippen LogP contribution in [0, 0.1) is 6.92 Å². The van der Waals surface area contributed by atoms with Crippen molar-refractivity contribution in [3.8, 4) is 0 Å². The van der Waals surface area contributed by atoms with Gasteiger partial charge in [-0.2, -0.15) is 0 Å². The Bertz CT molecular complexity index is 439. The molecule has 4 heteroatoms. The highest BCUT2D eigenvalue weighted by Gasteiger charge is 2.21. The fourth-order valence-corrected chi connectivity index (χ4v) is 1.49. The maximum Gasteiger partial charge on any atom is 0.251 e. The first-order valence-electron chi connectivity index (χ1n) is 6.06. The first-order chi connectivity index (χ1) is 8.24. The molecule has 0 radical (unpaired) electrons. The van der Waals surface area contributed by atoms with E-state index in [2.05, 4.69) is 24.1 Å². The van der Waals surface area contributed by atoms with Gasteiger partial charge < -0.3 is 16.0 Å². The summed E-state index contributed by atoms with van der Waals surface area (Å²) in [6.07, 6.45) is 0. The molecule has 0 bridgehead atoms. The zero-order valence-corrected chi connectivity index (χ0v) is 11.9. The van der Waals surface area contributed by atoms with Crippen LogP contribution in [0.15, 0.2) is 18.2 Å². The van der Waals surface area contributed by atoms with E-state index in [9.17, 15) is 4.79 Å². The Morgan fingerprint density at radius 1 is 1.39 bits per heavy atom. The molecular weight excluding hydrogens is 226 g/mol. The number of likely N-dealkylation sites (N-methyl/N-ethyl adjacent to an activating group) is 1. The van der Waals surface area contributed by atoms with E-state index < -0.39 is 0 Å². The number of aryl methyl sites for hydroxylation is 1. The zero-order valence-electron chi connectivity index (χ0n) is 11.9. The Morgan fingerprint density at radius 2 is 2.00 bits per heavy atom. The van der Waals surface area contributed by atoms with Crippen LogP contribution in [0.5, 0.6) is 0 Å². The van der Waals surface area contributed by atoms with E-state index in [0.717, 1.165) is 5.56 Å². The van der Waals surface area contributed by atoms with Crippen LogP contribution in [0.3, 0.4) is 0 Å². The fourth-order valence-electron chi connectivity index (χ4n) is 1.49. The van der Waals surface area contributed by atoms with Crippen LogP contribution in [-0.4, -0.2) is 37.0 Å². The summed E-state index contributed by atoms with van der Waals surface area (Å²) in [4.78, 5) is 14.2. The minimum atomic E-state index is -0.0721. The summed E-state index contributed by atoms with van der Waals surface area (Å²) < 4.78 is 0. The molecule has 0 spiro atoms. The van der Waals surface area contributed by atoms with E-state index in [-0.39, 0.29) is 11.4 Å². The first kappa shape index (κ1) is 14.5. The molecule has 1 aromatic carbocycles. The highest BCUT2D eigenvalue weighted by Crippen LogP contribution is 2.13. The lowest BCUT2D eigenvalue weighted by Gasteiger charge is -2.32. The highest BCUT2D eigenvalue weighted by molar-refractivity contribution is 5.96. The number of carbonyl (C=O) groups is 1. The number of nitrogens with two attached hydrogens (primary N) is 1. The monoisotopic (exact) mass is 249 g/mol. The molecular formula is C14H23N3O. The summed E-state index contributed by atoms with van der Waals surface area (Å²) in [5, 5.41) is 2.96. The number of rotatable bonds is 4. The largest absolute Gasteiger partial charge is 0.399 e. The smallest absolute Gasteiger partial charge is 0.251 e. The van der Waals surface area contributed by atoms with E-state index in [1.54, 1.807) is 12.1 Å². The van der Waals surface area contributed by atoms with E-state index in [0.29, 0.717) is 17.8 Å². The van der Waals surface area contributed by atoms with E-state index in [4.69, 9.17) is 5.73 Å². The van der Waals surface area contributed by atoms with Gasteiger partial charge in [-0.05, 0) is 58.6 Å². The van der Waals surface area contributed by atoms with Gasteiger partial charge in [-0.1, -0.05) is 0 Å². The number of benzene rings is 1. The molecule has 18 heavy (non-hydrogen) atoms. The lowest BCUT2D eigenvalue weighted by molar-refractivity contribution is 0.0919. The van der Waals surface area contributed by atoms with Crippen molar-refractivity contribution in [1.29, 1.82) is 0 Å². The lowest BCUT2D eigenvalue weighted by atomic mass is 10.0. The molecule has 100 valence electrons. The topological polar surface area (TPSA) is 58.4 Å². The first-order valence-corrected chi connectivity index (χ1v) is 6.06. The molecule has 0 fully saturated rings. The van der Waals surface area contributed by atoms with Crippen molar-refractivity contribution >= 4 is 11.6 Å². The molecule has 3 N–H and O–H groups in total. The second-order valence-electron chi connectivity index (χ2n) is 5.46. The third-order valence-corrected chi connectivity index (χ3v) is 3.39. The molecule has 1 rings (SSSR count). The molecule has 0 aliphatic rings. The number of carbonyl (C=O) groups excluding carboxylic acids is 1. The van der Waals surface area contributed by atoms with Gasteiger partial charge in [-0.3, -0.25) is 4.79 Å². The molecule has 4 nitrogen and oxygen atoms in total. The van der Waals surface area contributed by atoms with Gasteiger partial charge in [0.25, 0.3) is 5.91 Å². The second-order valence-corrected chi connectivity index (χ2v) is 5.46. The summed E-state index contributed by atoms with van der Waals surface area (Å²) in [7, 11) is 4.00. The molecule has 1 amide bonds. The Morgan fingerprint density at radius 3 is 2.50 bits per heavy atom. The van der Waals surface area contributed by atoms with E-state index in [1.807, 2.05) is 27.1 Å². The van der Waals surface area contributed by atoms with Gasteiger partial charge in [0.2, 0.25) is 0 Å². The number of hydrogen-bond acceptors (Lipinski definition) is 3. The van der Waals surface area contributed by atoms with Gasteiger partial charge in [-0.15, -0.1) is 0 Å². The van der Waals surface area contributed by atoms with Crippen molar-refractivity contribution in [2.24, 2.45) is 0 Å². The second kappa shape index (κ2) is 5.40. The van der Waals surface area contributed by atoms with Gasteiger partial charge >= 0.3 is 0 Å². The fraction of sp³-hybridized carbons (Fsp3) is 0.500. The van der Waals surface area contributed by atoms with Crippen molar-refractivity contribution in [3.05, 3.63) is 29.3 Å². The molecule has 0 unspecified atom stereocenters. The minimum absolute atomic E-state index is 0.0533. The zero-order chi connectivity index (χ0) is 13.9. The third-order valence-electron chi connectivity index (χ3n) is 3.39. The number of nitrogen functional groups attached to an aromatic ring is 1. The molecule has 0 heterocycles. The van der Waals surface area contributed by atoms with Crippen molar-refractivity contribution < 1.29 is 4.79 Å². The van der Waals surface area contributed by atoms with Crippen LogP contribution in [0.4, 0.5) is 5.69 Å². The molecule has 0 aromatic heterocycles. The third kappa shape index (κ3) is 3.47. The molecule has 1 aromatic rings. The van der Waals surface area contributed by atoms with E-state index >= 15 is 0 Å². The predicted octanol–water partition coefficient (Wildman–Crippen LogP) is 1.65. The van der Waals surface area contributed by atoms with Gasteiger partial charge in [0, 0.05) is 23.3 Å². The molecule has 0 atom stereocenters. The molecule has 0 aliphatic heterocycles. The van der Waals surface area contributed by atoms with E-state index in [1.165, 1.54) is 0 Å². The Labute approximate surface area is 109 Å². The van der Waals surface area contributed by atoms with Gasteiger partial charge in [0.1, 0.15) is 0 Å². The summed E-state index contributed by atoms with van der Waals surface area (Å²) in [5.74, 6) is -0.0533. The number of nitrogens with zero attached hydrogens (tertiary/aromatic N) is 1. The van der Waals surface area contributed by atoms with Gasteiger partial charge in [0.05, 0.1) is 0 Å². The van der Waals surface area contributed by atoms with Crippen molar-refractivity contribution in [2.45, 2.75) is 26.3 Å². The van der Waals surface area contributed by atoms with Crippen LogP contribution < -0.4 is 11.1 Å². The molecule has 0 saturated heterocycles. The van der Waals surface area contributed by atoms with Crippen LogP contribution in [-0.2, 0) is 0 Å². The van der Waals surface area contributed by atoms with Crippen molar-refractivity contribution in [3.63, 3.8) is 0 Å². The average molecular weight is 249 g/mol. The maximum absolute atomic E-state index is 12.1. The molecule has 0 aliphatic carbocycles. The number of nitrogens with one attached hydrogen (secondary N) is 1. The van der Waals surface area contributed by atoms with Crippen LogP contribution in [0.2, 0.25) is 0 Å². The highest BCUT2D eigenvalue weighted by atomic mass is 16.1. The number of amides is 1. The summed E-state index contributed by atoms with van der Waals surface area (Å²) in [5.41, 5.74) is 7.86.